The van der Waals surface area contributed by atoms with E-state index in [1.165, 1.54) is 10.9 Å². The highest BCUT2D eigenvalue weighted by atomic mass is 16.5. The second kappa shape index (κ2) is 5.54. The summed E-state index contributed by atoms with van der Waals surface area (Å²) in [6.07, 6.45) is 2.71. The molecule has 1 saturated carbocycles. The maximum absolute atomic E-state index is 5.78. The lowest BCUT2D eigenvalue weighted by Gasteiger charge is -2.36. The van der Waals surface area contributed by atoms with Crippen LogP contribution in [0.25, 0.3) is 10.9 Å². The summed E-state index contributed by atoms with van der Waals surface area (Å²) in [6, 6.07) is 11.1. The number of nitrogens with zero attached hydrogens (tertiary/aromatic N) is 2. The van der Waals surface area contributed by atoms with E-state index in [0.717, 1.165) is 24.2 Å². The quantitative estimate of drug-likeness (QED) is 0.835. The minimum absolute atomic E-state index is 0.180. The number of hydrogen-bond acceptors (Lipinski definition) is 3. The smallest absolute Gasteiger partial charge is 0.214 e. The van der Waals surface area contributed by atoms with Gasteiger partial charge in [-0.1, -0.05) is 26.8 Å². The maximum atomic E-state index is 5.78. The van der Waals surface area contributed by atoms with Crippen LogP contribution < -0.4 is 4.74 Å². The predicted octanol–water partition coefficient (Wildman–Crippen LogP) is 4.42. The summed E-state index contributed by atoms with van der Waals surface area (Å²) >= 11 is 0. The summed E-state index contributed by atoms with van der Waals surface area (Å²) in [5, 5.41) is 1.18. The van der Waals surface area contributed by atoms with Crippen molar-refractivity contribution in [3.63, 3.8) is 0 Å². The summed E-state index contributed by atoms with van der Waals surface area (Å²) in [5.74, 6) is 0.753. The van der Waals surface area contributed by atoms with Gasteiger partial charge in [-0.3, -0.25) is 0 Å². The Balaban J connectivity index is 1.94. The molecule has 1 aliphatic carbocycles. The van der Waals surface area contributed by atoms with Gasteiger partial charge in [0.15, 0.2) is 0 Å². The van der Waals surface area contributed by atoms with E-state index >= 15 is 0 Å². The van der Waals surface area contributed by atoms with Crippen LogP contribution in [0.5, 0.6) is 5.88 Å². The van der Waals surface area contributed by atoms with E-state index in [0.29, 0.717) is 12.1 Å². The van der Waals surface area contributed by atoms with Crippen molar-refractivity contribution in [2.75, 3.05) is 14.1 Å². The third-order valence-electron chi connectivity index (χ3n) is 4.15. The first-order chi connectivity index (χ1) is 10.3. The third kappa shape index (κ3) is 3.25. The van der Waals surface area contributed by atoms with Gasteiger partial charge in [0.05, 0.1) is 5.52 Å². The molecular weight excluding hydrogens is 272 g/mol. The number of ether oxygens (including phenoxy) is 1. The largest absolute Gasteiger partial charge is 0.474 e. The van der Waals surface area contributed by atoms with Gasteiger partial charge in [0.1, 0.15) is 6.10 Å². The molecule has 1 aliphatic rings. The molecule has 1 heterocycles. The average molecular weight is 298 g/mol. The molecule has 0 N–H and O–H groups in total. The molecule has 1 unspecified atom stereocenters. The highest BCUT2D eigenvalue weighted by Gasteiger charge is 2.28. The van der Waals surface area contributed by atoms with Crippen molar-refractivity contribution in [3.05, 3.63) is 35.9 Å². The minimum Gasteiger partial charge on any atom is -0.474 e. The van der Waals surface area contributed by atoms with Crippen LogP contribution in [-0.4, -0.2) is 30.1 Å². The number of aromatic nitrogens is 1. The molecule has 118 valence electrons. The van der Waals surface area contributed by atoms with Crippen molar-refractivity contribution in [1.82, 2.24) is 9.88 Å². The van der Waals surface area contributed by atoms with Gasteiger partial charge in [-0.2, -0.15) is 0 Å². The Hall–Kier alpha value is -1.61. The van der Waals surface area contributed by atoms with E-state index in [-0.39, 0.29) is 5.41 Å². The molecule has 1 atom stereocenters. The van der Waals surface area contributed by atoms with Crippen molar-refractivity contribution in [2.45, 2.75) is 45.8 Å². The van der Waals surface area contributed by atoms with Gasteiger partial charge < -0.3 is 9.64 Å². The molecule has 3 heteroatoms. The van der Waals surface area contributed by atoms with Gasteiger partial charge in [0.2, 0.25) is 5.88 Å². The minimum atomic E-state index is 0.180. The lowest BCUT2D eigenvalue weighted by Crippen LogP contribution is -2.31. The first kappa shape index (κ1) is 15.3. The van der Waals surface area contributed by atoms with Crippen molar-refractivity contribution < 1.29 is 4.74 Å². The zero-order valence-electron chi connectivity index (χ0n) is 14.3. The van der Waals surface area contributed by atoms with Crippen LogP contribution in [0.3, 0.4) is 0 Å². The fourth-order valence-electron chi connectivity index (χ4n) is 3.29. The summed E-state index contributed by atoms with van der Waals surface area (Å²) in [7, 11) is 4.29. The van der Waals surface area contributed by atoms with Crippen LogP contribution in [-0.2, 0) is 0 Å². The molecule has 0 aliphatic heterocycles. The molecule has 22 heavy (non-hydrogen) atoms. The second-order valence-electron chi connectivity index (χ2n) is 7.65. The molecule has 0 bridgehead atoms. The van der Waals surface area contributed by atoms with Crippen molar-refractivity contribution in [3.8, 4) is 5.88 Å². The van der Waals surface area contributed by atoms with Crippen molar-refractivity contribution in [2.24, 2.45) is 5.41 Å². The van der Waals surface area contributed by atoms with E-state index in [2.05, 4.69) is 69.0 Å². The second-order valence-corrected chi connectivity index (χ2v) is 7.65. The Morgan fingerprint density at radius 2 is 1.86 bits per heavy atom. The Morgan fingerprint density at radius 1 is 1.14 bits per heavy atom. The molecule has 3 nitrogen and oxygen atoms in total. The molecule has 0 radical (unpaired) electrons. The van der Waals surface area contributed by atoms with Crippen LogP contribution in [0.15, 0.2) is 30.3 Å². The molecule has 2 aromatic rings. The molecule has 3 rings (SSSR count). The van der Waals surface area contributed by atoms with E-state index in [1.807, 2.05) is 6.07 Å². The van der Waals surface area contributed by atoms with Crippen LogP contribution in [0, 0.1) is 5.41 Å². The summed E-state index contributed by atoms with van der Waals surface area (Å²) in [5.41, 5.74) is 2.52. The zero-order chi connectivity index (χ0) is 15.9. The highest BCUT2D eigenvalue weighted by Crippen LogP contribution is 2.37. The normalized spacial score (nSPS) is 17.0. The highest BCUT2D eigenvalue weighted by molar-refractivity contribution is 5.80. The molecular formula is C19H26N2O. The number of fused-ring (bicyclic) bond motifs is 1. The Morgan fingerprint density at radius 3 is 2.45 bits per heavy atom. The van der Waals surface area contributed by atoms with Crippen LogP contribution >= 0.6 is 0 Å². The Bertz CT molecular complexity index is 669. The van der Waals surface area contributed by atoms with Crippen LogP contribution in [0.1, 0.15) is 45.2 Å². The first-order valence-corrected chi connectivity index (χ1v) is 8.08. The lowest BCUT2D eigenvalue weighted by molar-refractivity contribution is 0.154. The van der Waals surface area contributed by atoms with E-state index < -0.39 is 0 Å². The molecule has 0 saturated heterocycles. The Kier molecular flexibility index (Phi) is 3.85. The zero-order valence-corrected chi connectivity index (χ0v) is 14.3. The SMILES string of the molecule is CN(C)C(c1ccc2nc(OC3CC3)ccc2c1)C(C)(C)C. The van der Waals surface area contributed by atoms with Gasteiger partial charge in [-0.15, -0.1) is 0 Å². The fourth-order valence-corrected chi connectivity index (χ4v) is 3.29. The fraction of sp³-hybridized carbons (Fsp3) is 0.526. The van der Waals surface area contributed by atoms with Crippen LogP contribution in [0.2, 0.25) is 0 Å². The standard InChI is InChI=1S/C19H26N2O/c1-19(2,3)18(21(4)5)14-6-10-16-13(12-14)7-11-17(20-16)22-15-8-9-15/h6-7,10-12,15,18H,8-9H2,1-5H3. The number of pyridine rings is 1. The number of benzene rings is 1. The summed E-state index contributed by atoms with van der Waals surface area (Å²) < 4.78 is 5.78. The third-order valence-corrected chi connectivity index (χ3v) is 4.15. The van der Waals surface area contributed by atoms with Gasteiger partial charge in [0.25, 0.3) is 0 Å². The summed E-state index contributed by atoms with van der Waals surface area (Å²) in [6.45, 7) is 6.85. The molecule has 0 amide bonds. The molecule has 1 aromatic heterocycles. The van der Waals surface area contributed by atoms with Gasteiger partial charge >= 0.3 is 0 Å². The molecule has 1 fully saturated rings. The molecule has 0 spiro atoms. The van der Waals surface area contributed by atoms with Gasteiger partial charge in [0, 0.05) is 17.5 Å². The predicted molar refractivity (Wildman–Crippen MR) is 91.3 cm³/mol. The van der Waals surface area contributed by atoms with Gasteiger partial charge in [-0.05, 0) is 56.1 Å². The summed E-state index contributed by atoms with van der Waals surface area (Å²) in [4.78, 5) is 6.92. The monoisotopic (exact) mass is 298 g/mol. The Labute approximate surface area is 133 Å². The topological polar surface area (TPSA) is 25.4 Å². The number of rotatable bonds is 4. The maximum Gasteiger partial charge on any atom is 0.214 e. The van der Waals surface area contributed by atoms with Crippen molar-refractivity contribution in [1.29, 1.82) is 0 Å². The number of hydrogen-bond donors (Lipinski definition) is 0. The van der Waals surface area contributed by atoms with Crippen molar-refractivity contribution >= 4 is 10.9 Å². The van der Waals surface area contributed by atoms with Crippen LogP contribution in [0.4, 0.5) is 0 Å². The van der Waals surface area contributed by atoms with E-state index in [4.69, 9.17) is 4.74 Å². The lowest BCUT2D eigenvalue weighted by atomic mass is 9.81. The molecule has 1 aromatic carbocycles. The van der Waals surface area contributed by atoms with E-state index in [9.17, 15) is 0 Å². The average Bonchev–Trinajstić information content (AvgIpc) is 3.21. The first-order valence-electron chi connectivity index (χ1n) is 8.08. The van der Waals surface area contributed by atoms with Gasteiger partial charge in [-0.25, -0.2) is 4.98 Å². The van der Waals surface area contributed by atoms with E-state index in [1.54, 1.807) is 0 Å².